The highest BCUT2D eigenvalue weighted by atomic mass is 79.9. The van der Waals surface area contributed by atoms with Gasteiger partial charge in [-0.3, -0.25) is 9.59 Å². The van der Waals surface area contributed by atoms with Gasteiger partial charge in [0.25, 0.3) is 11.5 Å². The van der Waals surface area contributed by atoms with Crippen LogP contribution in [0.25, 0.3) is 16.6 Å². The van der Waals surface area contributed by atoms with Crippen LogP contribution < -0.4 is 15.6 Å². The van der Waals surface area contributed by atoms with Crippen molar-refractivity contribution in [2.75, 3.05) is 11.9 Å². The Bertz CT molecular complexity index is 1910. The molecule has 0 unspecified atom stereocenters. The number of amides is 1. The van der Waals surface area contributed by atoms with Crippen molar-refractivity contribution in [1.82, 2.24) is 14.2 Å². The van der Waals surface area contributed by atoms with Gasteiger partial charge < -0.3 is 14.6 Å². The van der Waals surface area contributed by atoms with Gasteiger partial charge in [0, 0.05) is 38.2 Å². The molecule has 0 spiro atoms. The van der Waals surface area contributed by atoms with Gasteiger partial charge in [0.2, 0.25) is 0 Å². The number of para-hydroxylation sites is 1. The van der Waals surface area contributed by atoms with E-state index in [1.807, 2.05) is 108 Å². The third kappa shape index (κ3) is 6.46. The zero-order chi connectivity index (χ0) is 30.9. The zero-order valence-electron chi connectivity index (χ0n) is 25.1. The van der Waals surface area contributed by atoms with E-state index in [4.69, 9.17) is 9.72 Å². The summed E-state index contributed by atoms with van der Waals surface area (Å²) in [7, 11) is 0. The van der Waals surface area contributed by atoms with Crippen molar-refractivity contribution in [2.45, 2.75) is 47.0 Å². The van der Waals surface area contributed by atoms with Crippen LogP contribution in [0.2, 0.25) is 0 Å². The van der Waals surface area contributed by atoms with Crippen LogP contribution in [0.15, 0.2) is 87.2 Å². The van der Waals surface area contributed by atoms with Gasteiger partial charge in [-0.2, -0.15) is 9.78 Å². The number of hydrogen-bond donors (Lipinski definition) is 1. The summed E-state index contributed by atoms with van der Waals surface area (Å²) in [6, 6.07) is 22.7. The normalized spacial score (nSPS) is 11.8. The molecule has 0 atom stereocenters. The van der Waals surface area contributed by atoms with Crippen LogP contribution in [0.5, 0.6) is 5.75 Å². The van der Waals surface area contributed by atoms with E-state index in [1.54, 1.807) is 12.3 Å². The molecule has 0 aliphatic heterocycles. The fourth-order valence-corrected chi connectivity index (χ4v) is 5.28. The van der Waals surface area contributed by atoms with Crippen molar-refractivity contribution >= 4 is 44.6 Å². The Labute approximate surface area is 259 Å². The first-order valence-electron chi connectivity index (χ1n) is 14.0. The van der Waals surface area contributed by atoms with E-state index in [0.29, 0.717) is 22.5 Å². The van der Waals surface area contributed by atoms with E-state index in [0.717, 1.165) is 38.4 Å². The Balaban J connectivity index is 1.37. The average molecular weight is 641 g/mol. The number of halogens is 1. The van der Waals surface area contributed by atoms with Crippen LogP contribution >= 0.6 is 15.9 Å². The molecule has 2 heterocycles. The summed E-state index contributed by atoms with van der Waals surface area (Å²) >= 11 is 3.46. The molecule has 0 saturated heterocycles. The molecule has 0 bridgehead atoms. The van der Waals surface area contributed by atoms with E-state index in [1.165, 1.54) is 4.68 Å². The van der Waals surface area contributed by atoms with Gasteiger partial charge in [-0.15, -0.1) is 0 Å². The highest BCUT2D eigenvalue weighted by molar-refractivity contribution is 9.10. The summed E-state index contributed by atoms with van der Waals surface area (Å²) in [6.45, 7) is 11.9. The lowest BCUT2D eigenvalue weighted by Crippen LogP contribution is -2.29. The van der Waals surface area contributed by atoms with E-state index in [2.05, 4.69) is 30.9 Å². The summed E-state index contributed by atoms with van der Waals surface area (Å²) < 4.78 is 10.1. The predicted octanol–water partition coefficient (Wildman–Crippen LogP) is 7.07. The fourth-order valence-electron chi connectivity index (χ4n) is 4.92. The molecule has 8 nitrogen and oxygen atoms in total. The molecule has 2 aromatic heterocycles. The van der Waals surface area contributed by atoms with Gasteiger partial charge in [0.05, 0.1) is 17.1 Å². The molecule has 5 rings (SSSR count). The first-order chi connectivity index (χ1) is 20.4. The van der Waals surface area contributed by atoms with Crippen molar-refractivity contribution in [2.24, 2.45) is 5.10 Å². The quantitative estimate of drug-likeness (QED) is 0.193. The largest absolute Gasteiger partial charge is 0.484 e. The van der Waals surface area contributed by atoms with Crippen molar-refractivity contribution in [3.63, 3.8) is 0 Å². The second-order valence-corrected chi connectivity index (χ2v) is 12.4. The number of aryl methyl sites for hydroxylation is 2. The Morgan fingerprint density at radius 3 is 2.44 bits per heavy atom. The molecule has 220 valence electrons. The van der Waals surface area contributed by atoms with Crippen LogP contribution in [0.4, 0.5) is 5.69 Å². The van der Waals surface area contributed by atoms with Gasteiger partial charge >= 0.3 is 0 Å². The monoisotopic (exact) mass is 639 g/mol. The number of anilines is 1. The first kappa shape index (κ1) is 30.0. The van der Waals surface area contributed by atoms with E-state index >= 15 is 0 Å². The number of nitrogens with zero attached hydrogens (tertiary/aromatic N) is 4. The maximum Gasteiger partial charge on any atom is 0.282 e. The Morgan fingerprint density at radius 1 is 1.02 bits per heavy atom. The third-order valence-electron chi connectivity index (χ3n) is 7.15. The molecule has 0 aliphatic carbocycles. The number of fused-ring (bicyclic) bond motifs is 1. The van der Waals surface area contributed by atoms with E-state index < -0.39 is 5.41 Å². The molecular formula is C34H34BrN5O3. The molecule has 0 aliphatic rings. The lowest BCUT2D eigenvalue weighted by atomic mass is 9.95. The van der Waals surface area contributed by atoms with Gasteiger partial charge in [0.15, 0.2) is 6.61 Å². The molecule has 0 radical (unpaired) electrons. The Morgan fingerprint density at radius 2 is 1.74 bits per heavy atom. The van der Waals surface area contributed by atoms with Gasteiger partial charge in [0.1, 0.15) is 11.6 Å². The maximum absolute atomic E-state index is 13.5. The number of carbonyl (C=O) groups is 1. The number of rotatable bonds is 7. The second-order valence-electron chi connectivity index (χ2n) is 11.5. The Hall–Kier alpha value is -4.50. The number of carbonyl (C=O) groups excluding carboxylic acids is 1. The summed E-state index contributed by atoms with van der Waals surface area (Å²) in [5.74, 6) is 0.959. The summed E-state index contributed by atoms with van der Waals surface area (Å²) in [4.78, 5) is 30.7. The number of aromatic nitrogens is 3. The third-order valence-corrected chi connectivity index (χ3v) is 7.64. The van der Waals surface area contributed by atoms with Crippen LogP contribution in [0.3, 0.4) is 0 Å². The van der Waals surface area contributed by atoms with E-state index in [9.17, 15) is 9.59 Å². The lowest BCUT2D eigenvalue weighted by molar-refractivity contribution is -0.118. The molecule has 0 saturated carbocycles. The smallest absolute Gasteiger partial charge is 0.282 e. The minimum atomic E-state index is -0.403. The van der Waals surface area contributed by atoms with Crippen molar-refractivity contribution in [3.05, 3.63) is 116 Å². The SMILES string of the molecule is Cc1ccccc1NC(=O)COc1ccc(-n2c(C)cc(C=Nn3c(C(C)(C)C)nc4ccc(Br)cc4c3=O)c2C)cc1. The number of benzene rings is 3. The maximum atomic E-state index is 13.5. The summed E-state index contributed by atoms with van der Waals surface area (Å²) in [5.41, 5.74) is 5.58. The fraction of sp³-hybridized carbons (Fsp3) is 0.235. The summed E-state index contributed by atoms with van der Waals surface area (Å²) in [6.07, 6.45) is 1.71. The van der Waals surface area contributed by atoms with Crippen LogP contribution in [0.1, 0.15) is 49.1 Å². The van der Waals surface area contributed by atoms with Crippen LogP contribution in [-0.4, -0.2) is 33.0 Å². The number of ether oxygens (including phenoxy) is 1. The lowest BCUT2D eigenvalue weighted by Gasteiger charge is -2.20. The van der Waals surface area contributed by atoms with Crippen molar-refractivity contribution < 1.29 is 9.53 Å². The van der Waals surface area contributed by atoms with Crippen molar-refractivity contribution in [3.8, 4) is 11.4 Å². The molecule has 3 aromatic carbocycles. The molecule has 43 heavy (non-hydrogen) atoms. The minimum absolute atomic E-state index is 0.0909. The zero-order valence-corrected chi connectivity index (χ0v) is 26.7. The number of nitrogens with one attached hydrogen (secondary N) is 1. The molecular weight excluding hydrogens is 606 g/mol. The standard InChI is InChI=1S/C34H34BrN5O3/c1-21-9-7-8-10-29(21)37-31(41)20-43-27-14-12-26(13-15-27)39-22(2)17-24(23(39)3)19-36-40-32(42)28-18-25(35)11-16-30(28)38-33(40)34(4,5)6/h7-19H,20H2,1-6H3,(H,37,41). The molecule has 0 fully saturated rings. The van der Waals surface area contributed by atoms with Crippen molar-refractivity contribution in [1.29, 1.82) is 0 Å². The molecule has 1 N–H and O–H groups in total. The topological polar surface area (TPSA) is 90.5 Å². The molecule has 5 aromatic rings. The second kappa shape index (κ2) is 12.0. The number of hydrogen-bond acceptors (Lipinski definition) is 5. The highest BCUT2D eigenvalue weighted by Crippen LogP contribution is 2.25. The first-order valence-corrected chi connectivity index (χ1v) is 14.8. The minimum Gasteiger partial charge on any atom is -0.484 e. The Kier molecular flexibility index (Phi) is 8.37. The summed E-state index contributed by atoms with van der Waals surface area (Å²) in [5, 5.41) is 8.03. The molecule has 9 heteroatoms. The predicted molar refractivity (Wildman–Crippen MR) is 176 cm³/mol. The van der Waals surface area contributed by atoms with Gasteiger partial charge in [-0.1, -0.05) is 54.9 Å². The van der Waals surface area contributed by atoms with Gasteiger partial charge in [-0.25, -0.2) is 4.98 Å². The van der Waals surface area contributed by atoms with Crippen LogP contribution in [0, 0.1) is 20.8 Å². The highest BCUT2D eigenvalue weighted by Gasteiger charge is 2.23. The average Bonchev–Trinajstić information content (AvgIpc) is 3.25. The van der Waals surface area contributed by atoms with E-state index in [-0.39, 0.29) is 18.1 Å². The van der Waals surface area contributed by atoms with Crippen LogP contribution in [-0.2, 0) is 10.2 Å². The molecule has 1 amide bonds. The van der Waals surface area contributed by atoms with Gasteiger partial charge in [-0.05, 0) is 80.9 Å².